The third kappa shape index (κ3) is 7.49. The van der Waals surface area contributed by atoms with Crippen LogP contribution < -0.4 is 19.6 Å². The van der Waals surface area contributed by atoms with Gasteiger partial charge >= 0.3 is 5.97 Å². The molecule has 0 aromatic heterocycles. The van der Waals surface area contributed by atoms with Gasteiger partial charge in [-0.3, -0.25) is 4.55 Å². The van der Waals surface area contributed by atoms with E-state index in [0.29, 0.717) is 27.9 Å². The zero-order valence-electron chi connectivity index (χ0n) is 26.4. The highest BCUT2D eigenvalue weighted by Crippen LogP contribution is 2.43. The molecule has 0 unspecified atom stereocenters. The summed E-state index contributed by atoms with van der Waals surface area (Å²) in [5.74, 6) is -0.126. The number of anilines is 1. The molecule has 46 heavy (non-hydrogen) atoms. The molecule has 2 N–H and O–H groups in total. The van der Waals surface area contributed by atoms with Crippen molar-refractivity contribution in [1.82, 2.24) is 9.30 Å². The molecule has 1 aliphatic heterocycles. The summed E-state index contributed by atoms with van der Waals surface area (Å²) in [5.41, 5.74) is 2.61. The largest absolute Gasteiger partial charge is 0.462 e. The summed E-state index contributed by atoms with van der Waals surface area (Å²) in [6.07, 6.45) is 1.18. The van der Waals surface area contributed by atoms with Gasteiger partial charge < -0.3 is 14.1 Å². The second-order valence-electron chi connectivity index (χ2n) is 10.4. The fraction of sp³-hybridized carbons (Fsp3) is 0.333. The minimum Gasteiger partial charge on any atom is -0.462 e. The molecule has 4 rings (SSSR count). The first-order valence-corrected chi connectivity index (χ1v) is 18.0. The summed E-state index contributed by atoms with van der Waals surface area (Å²) in [6, 6.07) is 15.0. The first-order valence-electron chi connectivity index (χ1n) is 15.1. The lowest BCUT2D eigenvalue weighted by atomic mass is 9.93. The Balaban J connectivity index is 1.93. The molecule has 0 fully saturated rings. The lowest BCUT2D eigenvalue weighted by molar-refractivity contribution is -0.137. The Bertz CT molecular complexity index is 2010. The smallest absolute Gasteiger partial charge is 0.330 e. The number of nitrogens with zero attached hydrogens (tertiary/aromatic N) is 2. The molecule has 2 aromatic rings. The number of ether oxygens (including phenoxy) is 1. The number of nitrogens with one attached hydrogen (secondary N) is 1. The van der Waals surface area contributed by atoms with Gasteiger partial charge in [0.25, 0.3) is 10.1 Å². The van der Waals surface area contributed by atoms with Crippen LogP contribution in [0.15, 0.2) is 81.5 Å². The van der Waals surface area contributed by atoms with Gasteiger partial charge in [-0.2, -0.15) is 8.42 Å². The van der Waals surface area contributed by atoms with E-state index in [0.717, 1.165) is 49.4 Å². The molecule has 13 heteroatoms. The maximum Gasteiger partial charge on any atom is 0.330 e. The molecule has 0 radical (unpaired) electrons. The summed E-state index contributed by atoms with van der Waals surface area (Å²) in [5, 5.41) is 1.51. The highest BCUT2D eigenvalue weighted by Gasteiger charge is 2.27. The molecule has 0 saturated carbocycles. The first-order chi connectivity index (χ1) is 21.9. The first kappa shape index (κ1) is 34.8. The number of rotatable bonds is 14. The lowest BCUT2D eigenvalue weighted by Crippen LogP contribution is -2.29. The number of carbonyl (C=O) groups excluding carboxylic acids is 1. The van der Waals surface area contributed by atoms with Gasteiger partial charge in [-0.15, -0.1) is 0 Å². The van der Waals surface area contributed by atoms with E-state index in [1.165, 1.54) is 12.1 Å². The molecule has 0 bridgehead atoms. The van der Waals surface area contributed by atoms with Crippen molar-refractivity contribution >= 4 is 42.8 Å². The van der Waals surface area contributed by atoms with E-state index in [2.05, 4.69) is 20.8 Å². The van der Waals surface area contributed by atoms with Gasteiger partial charge in [0.1, 0.15) is 29.3 Å². The zero-order valence-corrected chi connectivity index (χ0v) is 28.1. The Labute approximate surface area is 270 Å². The Morgan fingerprint density at radius 1 is 0.978 bits per heavy atom. The molecule has 0 spiro atoms. The molecule has 0 saturated heterocycles. The van der Waals surface area contributed by atoms with Crippen LogP contribution in [0.5, 0.6) is 0 Å². The van der Waals surface area contributed by atoms with Crippen LogP contribution in [0.1, 0.15) is 34.1 Å². The molecular formula is C33H40N3O8S2+. The number of carbonyl (C=O) groups is 1. The van der Waals surface area contributed by atoms with Crippen LogP contribution in [0.3, 0.4) is 0 Å². The van der Waals surface area contributed by atoms with Gasteiger partial charge in [-0.05, 0) is 64.4 Å². The van der Waals surface area contributed by atoms with Gasteiger partial charge in [0, 0.05) is 65.6 Å². The topological polar surface area (TPSA) is 146 Å². The number of benzene rings is 3. The number of hydrogen-bond donors (Lipinski definition) is 2. The number of hydrogen-bond acceptors (Lipinski definition) is 8. The van der Waals surface area contributed by atoms with Gasteiger partial charge in [-0.25, -0.2) is 22.5 Å². The van der Waals surface area contributed by atoms with Crippen LogP contribution in [-0.4, -0.2) is 66.7 Å². The van der Waals surface area contributed by atoms with Crippen molar-refractivity contribution in [2.75, 3.05) is 44.2 Å². The molecule has 2 aromatic carbocycles. The summed E-state index contributed by atoms with van der Waals surface area (Å²) < 4.78 is 78.2. The summed E-state index contributed by atoms with van der Waals surface area (Å²) in [7, 11) is -9.10. The minimum atomic E-state index is -4.91. The third-order valence-corrected chi connectivity index (χ3v) is 10.1. The van der Waals surface area contributed by atoms with Crippen LogP contribution in [0.2, 0.25) is 0 Å². The van der Waals surface area contributed by atoms with Crippen molar-refractivity contribution in [2.24, 2.45) is 0 Å². The second-order valence-corrected chi connectivity index (χ2v) is 13.6. The van der Waals surface area contributed by atoms with Gasteiger partial charge in [0.15, 0.2) is 0 Å². The van der Waals surface area contributed by atoms with Gasteiger partial charge in [0.05, 0.1) is 17.6 Å². The van der Waals surface area contributed by atoms with Crippen LogP contribution in [0, 0.1) is 0 Å². The maximum atomic E-state index is 13.1. The average Bonchev–Trinajstić information content (AvgIpc) is 3.03. The van der Waals surface area contributed by atoms with E-state index in [-0.39, 0.29) is 30.0 Å². The highest BCUT2D eigenvalue weighted by atomic mass is 32.2. The Morgan fingerprint density at radius 2 is 1.67 bits per heavy atom. The van der Waals surface area contributed by atoms with Crippen molar-refractivity contribution in [1.29, 1.82) is 0 Å². The van der Waals surface area contributed by atoms with Crippen LogP contribution in [0.4, 0.5) is 5.69 Å². The van der Waals surface area contributed by atoms with Crippen molar-refractivity contribution < 1.29 is 35.3 Å². The minimum absolute atomic E-state index is 0.0340. The molecule has 246 valence electrons. The zero-order chi connectivity index (χ0) is 33.6. The third-order valence-electron chi connectivity index (χ3n) is 7.78. The molecule has 0 amide bonds. The molecule has 2 aliphatic rings. The van der Waals surface area contributed by atoms with Crippen molar-refractivity contribution in [2.45, 2.75) is 43.9 Å². The Hall–Kier alpha value is -4.04. The normalized spacial score (nSPS) is 11.9. The van der Waals surface area contributed by atoms with Crippen molar-refractivity contribution in [3.05, 3.63) is 72.6 Å². The fourth-order valence-corrected chi connectivity index (χ4v) is 7.31. The SMILES string of the molecule is C=CC(=O)OCCCNS(=O)(=O)c1ccc(-c2c3ccc(=[N+](CC)CC)cc-3oc3cc(N(CC)CC)ccc23)c(S(=O)(=O)O)c1. The van der Waals surface area contributed by atoms with E-state index in [4.69, 9.17) is 9.15 Å². The van der Waals surface area contributed by atoms with E-state index in [9.17, 15) is 26.2 Å². The molecule has 0 atom stereocenters. The van der Waals surface area contributed by atoms with E-state index in [1.54, 1.807) is 0 Å². The molecular weight excluding hydrogens is 631 g/mol. The van der Waals surface area contributed by atoms with E-state index < -0.39 is 31.0 Å². The fourth-order valence-electron chi connectivity index (χ4n) is 5.41. The van der Waals surface area contributed by atoms with Crippen molar-refractivity contribution in [3.8, 4) is 22.5 Å². The Morgan fingerprint density at radius 3 is 2.30 bits per heavy atom. The summed E-state index contributed by atoms with van der Waals surface area (Å²) >= 11 is 0. The summed E-state index contributed by atoms with van der Waals surface area (Å²) in [4.78, 5) is 12.5. The van der Waals surface area contributed by atoms with Gasteiger partial charge in [-0.1, -0.05) is 12.6 Å². The predicted octanol–water partition coefficient (Wildman–Crippen LogP) is 4.51. The number of sulfonamides is 1. The summed E-state index contributed by atoms with van der Waals surface area (Å²) in [6.45, 7) is 14.5. The molecule has 1 aliphatic carbocycles. The molecule has 11 nitrogen and oxygen atoms in total. The lowest BCUT2D eigenvalue weighted by Gasteiger charge is -2.22. The second kappa shape index (κ2) is 14.6. The van der Waals surface area contributed by atoms with E-state index >= 15 is 0 Å². The number of fused-ring (bicyclic) bond motifs is 2. The number of esters is 1. The van der Waals surface area contributed by atoms with Crippen molar-refractivity contribution in [3.63, 3.8) is 0 Å². The molecule has 1 heterocycles. The monoisotopic (exact) mass is 670 g/mol. The quantitative estimate of drug-likeness (QED) is 0.0494. The van der Waals surface area contributed by atoms with Crippen LogP contribution in [-0.2, 0) is 29.7 Å². The standard InChI is InChI=1S/C33H39N3O8S2/c1-6-32(37)43-19-11-18-34-45(38,39)25-14-17-28(31(22-25)46(40,41)42)33-26-15-12-23(35(7-2)8-3)20-29(26)44-30-21-24(13-16-27(30)33)36(9-4)10-5/h6,12-17,20-22,34H,1,7-11,18-19H2,2-5H3/p+1. The van der Waals surface area contributed by atoms with Crippen LogP contribution >= 0.6 is 0 Å². The van der Waals surface area contributed by atoms with E-state index in [1.807, 2.05) is 64.1 Å². The predicted molar refractivity (Wildman–Crippen MR) is 179 cm³/mol. The van der Waals surface area contributed by atoms with Crippen LogP contribution in [0.25, 0.3) is 33.4 Å². The highest BCUT2D eigenvalue weighted by molar-refractivity contribution is 7.89. The Kier molecular flexibility index (Phi) is 11.0. The maximum absolute atomic E-state index is 13.1. The van der Waals surface area contributed by atoms with Gasteiger partial charge in [0.2, 0.25) is 15.4 Å². The average molecular weight is 671 g/mol.